The summed E-state index contributed by atoms with van der Waals surface area (Å²) in [6.45, 7) is 1.72. The van der Waals surface area contributed by atoms with Gasteiger partial charge >= 0.3 is 5.97 Å². The molecule has 8 nitrogen and oxygen atoms in total. The van der Waals surface area contributed by atoms with Gasteiger partial charge in [0.1, 0.15) is 5.02 Å². The van der Waals surface area contributed by atoms with Gasteiger partial charge in [-0.2, -0.15) is 0 Å². The van der Waals surface area contributed by atoms with E-state index in [1.165, 1.54) is 0 Å². The number of esters is 1. The Kier molecular flexibility index (Phi) is 4.76. The highest BCUT2D eigenvalue weighted by molar-refractivity contribution is 6.32. The Morgan fingerprint density at radius 3 is 2.32 bits per heavy atom. The van der Waals surface area contributed by atoms with Gasteiger partial charge in [0, 0.05) is 5.56 Å². The van der Waals surface area contributed by atoms with E-state index in [1.54, 1.807) is 6.92 Å². The number of nitro groups is 2. The monoisotopic (exact) mass is 288 g/mol. The van der Waals surface area contributed by atoms with Crippen LogP contribution in [0.5, 0.6) is 0 Å². The maximum Gasteiger partial charge on any atom is 0.310 e. The standard InChI is InChI=1S/C10H9ClN2O6/c1-2-19-10(14)4-6-3-7(11)9(13(17)18)5-8(6)12(15)16/h3,5H,2,4H2,1H3. The van der Waals surface area contributed by atoms with Crippen LogP contribution in [0, 0.1) is 20.2 Å². The summed E-state index contributed by atoms with van der Waals surface area (Å²) in [5.74, 6) is -0.671. The van der Waals surface area contributed by atoms with E-state index in [0.29, 0.717) is 0 Å². The number of halogens is 1. The number of rotatable bonds is 5. The van der Waals surface area contributed by atoms with Crippen molar-refractivity contribution < 1.29 is 19.4 Å². The molecule has 0 aliphatic rings. The minimum absolute atomic E-state index is 0.0287. The first-order valence-corrected chi connectivity index (χ1v) is 5.51. The molecule has 0 radical (unpaired) electrons. The van der Waals surface area contributed by atoms with Crippen molar-refractivity contribution in [1.29, 1.82) is 0 Å². The van der Waals surface area contributed by atoms with Crippen LogP contribution < -0.4 is 0 Å². The van der Waals surface area contributed by atoms with Crippen LogP contribution >= 0.6 is 11.6 Å². The van der Waals surface area contributed by atoms with Gasteiger partial charge in [0.15, 0.2) is 0 Å². The van der Waals surface area contributed by atoms with E-state index < -0.39 is 27.2 Å². The van der Waals surface area contributed by atoms with Crippen LogP contribution in [0.1, 0.15) is 12.5 Å². The molecule has 1 rings (SSSR count). The third-order valence-electron chi connectivity index (χ3n) is 2.18. The van der Waals surface area contributed by atoms with Crippen molar-refractivity contribution in [3.63, 3.8) is 0 Å². The maximum absolute atomic E-state index is 11.3. The van der Waals surface area contributed by atoms with E-state index in [4.69, 9.17) is 11.6 Å². The Labute approximate surface area is 112 Å². The molecule has 0 amide bonds. The SMILES string of the molecule is CCOC(=O)Cc1cc(Cl)c([N+](=O)[O-])cc1[N+](=O)[O-]. The third-order valence-corrected chi connectivity index (χ3v) is 2.48. The van der Waals surface area contributed by atoms with Crippen molar-refractivity contribution in [2.45, 2.75) is 13.3 Å². The molecule has 0 N–H and O–H groups in total. The second-order valence-electron chi connectivity index (χ2n) is 3.43. The van der Waals surface area contributed by atoms with Crippen LogP contribution in [0.15, 0.2) is 12.1 Å². The van der Waals surface area contributed by atoms with E-state index in [1.807, 2.05) is 0 Å². The maximum atomic E-state index is 11.3. The van der Waals surface area contributed by atoms with Crippen LogP contribution in [0.2, 0.25) is 5.02 Å². The highest BCUT2D eigenvalue weighted by atomic mass is 35.5. The van der Waals surface area contributed by atoms with Gasteiger partial charge < -0.3 is 4.74 Å². The zero-order valence-corrected chi connectivity index (χ0v) is 10.5. The molecule has 1 aromatic rings. The Hall–Kier alpha value is -2.22. The number of nitrogens with zero attached hydrogens (tertiary/aromatic N) is 2. The van der Waals surface area contributed by atoms with E-state index in [9.17, 15) is 25.0 Å². The first-order valence-electron chi connectivity index (χ1n) is 5.13. The smallest absolute Gasteiger partial charge is 0.310 e. The molecular weight excluding hydrogens is 280 g/mol. The highest BCUT2D eigenvalue weighted by Gasteiger charge is 2.25. The lowest BCUT2D eigenvalue weighted by molar-refractivity contribution is -0.394. The summed E-state index contributed by atoms with van der Waals surface area (Å²) in [5.41, 5.74) is -1.15. The molecule has 0 aliphatic heterocycles. The Morgan fingerprint density at radius 1 is 1.26 bits per heavy atom. The minimum atomic E-state index is -0.830. The molecule has 9 heteroatoms. The van der Waals surface area contributed by atoms with Gasteiger partial charge in [-0.05, 0) is 13.0 Å². The summed E-state index contributed by atoms with van der Waals surface area (Å²) >= 11 is 5.65. The molecule has 0 unspecified atom stereocenters. The van der Waals surface area contributed by atoms with Crippen molar-refractivity contribution >= 4 is 28.9 Å². The fourth-order valence-corrected chi connectivity index (χ4v) is 1.67. The van der Waals surface area contributed by atoms with Gasteiger partial charge in [-0.25, -0.2) is 0 Å². The van der Waals surface area contributed by atoms with E-state index in [0.717, 1.165) is 12.1 Å². The minimum Gasteiger partial charge on any atom is -0.466 e. The van der Waals surface area contributed by atoms with Gasteiger partial charge in [0.2, 0.25) is 0 Å². The molecule has 0 aromatic heterocycles. The molecule has 0 saturated heterocycles. The van der Waals surface area contributed by atoms with Crippen LogP contribution in [-0.4, -0.2) is 22.4 Å². The molecular formula is C10H9ClN2O6. The van der Waals surface area contributed by atoms with Crippen LogP contribution in [-0.2, 0) is 16.0 Å². The van der Waals surface area contributed by atoms with Crippen molar-refractivity contribution in [1.82, 2.24) is 0 Å². The van der Waals surface area contributed by atoms with Gasteiger partial charge in [0.05, 0.1) is 28.9 Å². The summed E-state index contributed by atoms with van der Waals surface area (Å²) in [7, 11) is 0. The van der Waals surface area contributed by atoms with E-state index in [2.05, 4.69) is 4.74 Å². The molecule has 1 aromatic carbocycles. The number of hydrogen-bond acceptors (Lipinski definition) is 6. The van der Waals surface area contributed by atoms with Crippen molar-refractivity contribution in [2.75, 3.05) is 6.61 Å². The fourth-order valence-electron chi connectivity index (χ4n) is 1.41. The van der Waals surface area contributed by atoms with Crippen LogP contribution in [0.25, 0.3) is 0 Å². The molecule has 0 saturated carbocycles. The zero-order chi connectivity index (χ0) is 14.6. The summed E-state index contributed by atoms with van der Waals surface area (Å²) in [5, 5.41) is 21.2. The number of carbonyl (C=O) groups is 1. The van der Waals surface area contributed by atoms with Gasteiger partial charge in [-0.3, -0.25) is 25.0 Å². The second kappa shape index (κ2) is 6.10. The summed E-state index contributed by atoms with van der Waals surface area (Å²) in [6.07, 6.45) is -0.373. The number of nitro benzene ring substituents is 2. The van der Waals surface area contributed by atoms with Gasteiger partial charge in [0.25, 0.3) is 11.4 Å². The van der Waals surface area contributed by atoms with E-state index >= 15 is 0 Å². The quantitative estimate of drug-likeness (QED) is 0.466. The summed E-state index contributed by atoms with van der Waals surface area (Å²) in [4.78, 5) is 31.1. The molecule has 0 fully saturated rings. The van der Waals surface area contributed by atoms with Crippen molar-refractivity contribution in [3.8, 4) is 0 Å². The summed E-state index contributed by atoms with van der Waals surface area (Å²) < 4.78 is 4.66. The number of benzene rings is 1. The Morgan fingerprint density at radius 2 is 1.84 bits per heavy atom. The lowest BCUT2D eigenvalue weighted by Gasteiger charge is -2.04. The average molecular weight is 289 g/mol. The molecule has 0 spiro atoms. The van der Waals surface area contributed by atoms with Crippen molar-refractivity contribution in [2.24, 2.45) is 0 Å². The van der Waals surface area contributed by atoms with Crippen LogP contribution in [0.3, 0.4) is 0 Å². The average Bonchev–Trinajstić information content (AvgIpc) is 2.28. The molecule has 102 valence electrons. The first-order chi connectivity index (χ1) is 8.86. The lowest BCUT2D eigenvalue weighted by Crippen LogP contribution is -2.09. The largest absolute Gasteiger partial charge is 0.466 e. The lowest BCUT2D eigenvalue weighted by atomic mass is 10.1. The number of hydrogen-bond donors (Lipinski definition) is 0. The second-order valence-corrected chi connectivity index (χ2v) is 3.84. The number of ether oxygens (including phenoxy) is 1. The number of carbonyl (C=O) groups excluding carboxylic acids is 1. The normalized spacial score (nSPS) is 10.0. The zero-order valence-electron chi connectivity index (χ0n) is 9.79. The molecule has 19 heavy (non-hydrogen) atoms. The first kappa shape index (κ1) is 14.8. The van der Waals surface area contributed by atoms with Crippen molar-refractivity contribution in [3.05, 3.63) is 42.9 Å². The third kappa shape index (κ3) is 3.62. The summed E-state index contributed by atoms with van der Waals surface area (Å²) in [6, 6.07) is 1.77. The van der Waals surface area contributed by atoms with Crippen LogP contribution in [0.4, 0.5) is 11.4 Å². The topological polar surface area (TPSA) is 113 Å². The highest BCUT2D eigenvalue weighted by Crippen LogP contribution is 2.32. The van der Waals surface area contributed by atoms with Gasteiger partial charge in [-0.1, -0.05) is 11.6 Å². The molecule has 0 aliphatic carbocycles. The van der Waals surface area contributed by atoms with Gasteiger partial charge in [-0.15, -0.1) is 0 Å². The fraction of sp³-hybridized carbons (Fsp3) is 0.300. The molecule has 0 heterocycles. The Balaban J connectivity index is 3.23. The van der Waals surface area contributed by atoms with E-state index in [-0.39, 0.29) is 23.6 Å². The molecule has 0 bridgehead atoms. The predicted molar refractivity (Wildman–Crippen MR) is 65.1 cm³/mol. The Bertz CT molecular complexity index is 545. The predicted octanol–water partition coefficient (Wildman–Crippen LogP) is 2.26. The molecule has 0 atom stereocenters.